The van der Waals surface area contributed by atoms with Crippen molar-refractivity contribution in [1.82, 2.24) is 10.7 Å². The summed E-state index contributed by atoms with van der Waals surface area (Å²) in [5, 5.41) is 8.93. The van der Waals surface area contributed by atoms with Gasteiger partial charge in [0.1, 0.15) is 17.3 Å². The number of ether oxygens (including phenoxy) is 2. The van der Waals surface area contributed by atoms with Crippen LogP contribution in [0.4, 0.5) is 5.69 Å². The number of hydrogen-bond donors (Lipinski definition) is 3. The van der Waals surface area contributed by atoms with Crippen molar-refractivity contribution in [1.29, 1.82) is 0 Å². The Morgan fingerprint density at radius 3 is 2.32 bits per heavy atom. The van der Waals surface area contributed by atoms with Crippen LogP contribution >= 0.6 is 0 Å². The summed E-state index contributed by atoms with van der Waals surface area (Å²) in [5.41, 5.74) is 3.28. The minimum Gasteiger partial charge on any atom is -0.494 e. The molecule has 0 aliphatic heterocycles. The number of nitrogens with zero attached hydrogens (tertiary/aromatic N) is 1. The molecule has 0 aliphatic rings. The molecule has 3 N–H and O–H groups in total. The van der Waals surface area contributed by atoms with Gasteiger partial charge in [0.25, 0.3) is 5.91 Å². The van der Waals surface area contributed by atoms with E-state index in [1.54, 1.807) is 60.7 Å². The van der Waals surface area contributed by atoms with Crippen molar-refractivity contribution < 1.29 is 28.3 Å². The summed E-state index contributed by atoms with van der Waals surface area (Å²) in [4.78, 5) is 35.7. The molecule has 10 heteroatoms. The van der Waals surface area contributed by atoms with Gasteiger partial charge in [0, 0.05) is 5.69 Å². The molecule has 34 heavy (non-hydrogen) atoms. The highest BCUT2D eigenvalue weighted by Crippen LogP contribution is 2.15. The number of hydrazone groups is 1. The second-order valence-corrected chi connectivity index (χ2v) is 6.82. The van der Waals surface area contributed by atoms with Gasteiger partial charge in [0.15, 0.2) is 6.61 Å². The second-order valence-electron chi connectivity index (χ2n) is 6.82. The van der Waals surface area contributed by atoms with E-state index in [1.807, 2.05) is 6.92 Å². The summed E-state index contributed by atoms with van der Waals surface area (Å²) in [6.45, 7) is 2.55. The smallest absolute Gasteiger partial charge is 0.329 e. The summed E-state index contributed by atoms with van der Waals surface area (Å²) in [7, 11) is 0. The average Bonchev–Trinajstić information content (AvgIpc) is 3.37. The lowest BCUT2D eigenvalue weighted by atomic mass is 10.2. The molecule has 0 fully saturated rings. The Balaban J connectivity index is 1.38. The van der Waals surface area contributed by atoms with Crippen molar-refractivity contribution in [3.63, 3.8) is 0 Å². The van der Waals surface area contributed by atoms with Crippen LogP contribution in [0.15, 0.2) is 76.4 Å². The fourth-order valence-corrected chi connectivity index (χ4v) is 2.65. The first-order chi connectivity index (χ1) is 16.5. The molecule has 0 unspecified atom stereocenters. The number of benzene rings is 2. The Bertz CT molecular complexity index is 1110. The highest BCUT2D eigenvalue weighted by Gasteiger charge is 2.12. The fourth-order valence-electron chi connectivity index (χ4n) is 2.65. The van der Waals surface area contributed by atoms with Gasteiger partial charge in [0.2, 0.25) is 0 Å². The quantitative estimate of drug-likeness (QED) is 0.240. The molecule has 0 aliphatic carbocycles. The van der Waals surface area contributed by atoms with E-state index in [9.17, 15) is 14.4 Å². The van der Waals surface area contributed by atoms with Crippen LogP contribution in [0.3, 0.4) is 0 Å². The summed E-state index contributed by atoms with van der Waals surface area (Å²) < 4.78 is 15.9. The predicted molar refractivity (Wildman–Crippen MR) is 124 cm³/mol. The van der Waals surface area contributed by atoms with E-state index in [4.69, 9.17) is 13.9 Å². The minimum atomic E-state index is -0.911. The Morgan fingerprint density at radius 1 is 0.941 bits per heavy atom. The minimum absolute atomic E-state index is 0.145. The standard InChI is InChI=1S/C24H24N4O6/c1-2-32-19-11-7-18(8-12-19)27-23(30)24(31)28-26-14-17-5-9-20(10-6-17)34-16-22(29)25-15-21-4-3-13-33-21/h3-14H,2,15-16H2,1H3,(H,25,29)(H,27,30)(H,28,31)/b26-14-. The van der Waals surface area contributed by atoms with E-state index in [0.717, 1.165) is 0 Å². The molecule has 0 bridgehead atoms. The van der Waals surface area contributed by atoms with Crippen LogP contribution in [0, 0.1) is 0 Å². The lowest BCUT2D eigenvalue weighted by Crippen LogP contribution is -2.32. The number of carbonyl (C=O) groups excluding carboxylic acids is 3. The number of hydrogen-bond acceptors (Lipinski definition) is 7. The van der Waals surface area contributed by atoms with Crippen LogP contribution < -0.4 is 25.5 Å². The van der Waals surface area contributed by atoms with E-state index in [2.05, 4.69) is 21.2 Å². The lowest BCUT2D eigenvalue weighted by molar-refractivity contribution is -0.136. The number of carbonyl (C=O) groups is 3. The number of anilines is 1. The normalized spacial score (nSPS) is 10.5. The Labute approximate surface area is 195 Å². The maximum atomic E-state index is 12.0. The molecular formula is C24H24N4O6. The highest BCUT2D eigenvalue weighted by atomic mass is 16.5. The van der Waals surface area contributed by atoms with E-state index in [-0.39, 0.29) is 19.1 Å². The molecular weight excluding hydrogens is 440 g/mol. The summed E-state index contributed by atoms with van der Waals surface area (Å²) in [5.74, 6) is -0.240. The van der Waals surface area contributed by atoms with Gasteiger partial charge in [-0.25, -0.2) is 5.43 Å². The largest absolute Gasteiger partial charge is 0.494 e. The van der Waals surface area contributed by atoms with E-state index in [1.165, 1.54) is 12.5 Å². The summed E-state index contributed by atoms with van der Waals surface area (Å²) in [6, 6.07) is 16.8. The van der Waals surface area contributed by atoms with Crippen molar-refractivity contribution in [3.8, 4) is 11.5 Å². The van der Waals surface area contributed by atoms with Gasteiger partial charge in [-0.15, -0.1) is 0 Å². The topological polar surface area (TPSA) is 131 Å². The first-order valence-electron chi connectivity index (χ1n) is 10.4. The third-order valence-electron chi connectivity index (χ3n) is 4.30. The van der Waals surface area contributed by atoms with Crippen LogP contribution in [-0.4, -0.2) is 37.1 Å². The molecule has 10 nitrogen and oxygen atoms in total. The molecule has 3 aromatic rings. The first kappa shape index (κ1) is 24.1. The lowest BCUT2D eigenvalue weighted by Gasteiger charge is -2.07. The SMILES string of the molecule is CCOc1ccc(NC(=O)C(=O)N/N=C\c2ccc(OCC(=O)NCc3ccco3)cc2)cc1. The Hall–Kier alpha value is -4.60. The van der Waals surface area contributed by atoms with Gasteiger partial charge < -0.3 is 24.5 Å². The molecule has 1 heterocycles. The van der Waals surface area contributed by atoms with Crippen molar-refractivity contribution in [2.45, 2.75) is 13.5 Å². The first-order valence-corrected chi connectivity index (χ1v) is 10.4. The number of nitrogens with one attached hydrogen (secondary N) is 3. The van der Waals surface area contributed by atoms with Gasteiger partial charge >= 0.3 is 11.8 Å². The molecule has 0 atom stereocenters. The number of rotatable bonds is 10. The third-order valence-corrected chi connectivity index (χ3v) is 4.30. The van der Waals surface area contributed by atoms with Gasteiger partial charge in [-0.3, -0.25) is 14.4 Å². The second kappa shape index (κ2) is 12.4. The van der Waals surface area contributed by atoms with E-state index >= 15 is 0 Å². The fraction of sp³-hybridized carbons (Fsp3) is 0.167. The van der Waals surface area contributed by atoms with Crippen molar-refractivity contribution in [2.24, 2.45) is 5.10 Å². The van der Waals surface area contributed by atoms with Crippen LogP contribution in [0.2, 0.25) is 0 Å². The number of furan rings is 1. The van der Waals surface area contributed by atoms with Crippen LogP contribution in [0.5, 0.6) is 11.5 Å². The molecule has 2 aromatic carbocycles. The zero-order valence-electron chi connectivity index (χ0n) is 18.4. The molecule has 0 saturated carbocycles. The zero-order chi connectivity index (χ0) is 24.2. The Morgan fingerprint density at radius 2 is 1.65 bits per heavy atom. The maximum Gasteiger partial charge on any atom is 0.329 e. The average molecular weight is 464 g/mol. The molecule has 1 aromatic heterocycles. The van der Waals surface area contributed by atoms with Crippen molar-refractivity contribution in [2.75, 3.05) is 18.5 Å². The highest BCUT2D eigenvalue weighted by molar-refractivity contribution is 6.39. The van der Waals surface area contributed by atoms with Crippen LogP contribution in [0.25, 0.3) is 0 Å². The van der Waals surface area contributed by atoms with E-state index in [0.29, 0.717) is 35.1 Å². The van der Waals surface area contributed by atoms with Gasteiger partial charge in [-0.05, 0) is 73.2 Å². The summed E-state index contributed by atoms with van der Waals surface area (Å²) >= 11 is 0. The third kappa shape index (κ3) is 7.83. The van der Waals surface area contributed by atoms with Gasteiger partial charge in [-0.2, -0.15) is 5.10 Å². The van der Waals surface area contributed by atoms with Crippen LogP contribution in [0.1, 0.15) is 18.2 Å². The Kier molecular flexibility index (Phi) is 8.80. The molecule has 0 radical (unpaired) electrons. The van der Waals surface area contributed by atoms with E-state index < -0.39 is 11.8 Å². The van der Waals surface area contributed by atoms with Crippen molar-refractivity contribution in [3.05, 3.63) is 78.3 Å². The molecule has 0 spiro atoms. The van der Waals surface area contributed by atoms with Gasteiger partial charge in [-0.1, -0.05) is 0 Å². The van der Waals surface area contributed by atoms with Crippen LogP contribution in [-0.2, 0) is 20.9 Å². The number of amides is 3. The molecule has 3 amide bonds. The monoisotopic (exact) mass is 464 g/mol. The summed E-state index contributed by atoms with van der Waals surface area (Å²) in [6.07, 6.45) is 2.91. The molecule has 176 valence electrons. The molecule has 0 saturated heterocycles. The zero-order valence-corrected chi connectivity index (χ0v) is 18.4. The maximum absolute atomic E-state index is 12.0. The molecule has 3 rings (SSSR count). The van der Waals surface area contributed by atoms with Crippen molar-refractivity contribution >= 4 is 29.6 Å². The predicted octanol–water partition coefficient (Wildman–Crippen LogP) is 2.46. The van der Waals surface area contributed by atoms with Gasteiger partial charge in [0.05, 0.1) is 25.6 Å².